The quantitative estimate of drug-likeness (QED) is 0.734. The maximum atomic E-state index is 12.2. The average Bonchev–Trinajstić information content (AvgIpc) is 3.12. The van der Waals surface area contributed by atoms with E-state index in [9.17, 15) is 4.79 Å². The molecule has 2 aromatic rings. The molecule has 3 heterocycles. The Morgan fingerprint density at radius 2 is 2.04 bits per heavy atom. The van der Waals surface area contributed by atoms with Crippen molar-refractivity contribution in [2.75, 3.05) is 25.4 Å². The Kier molecular flexibility index (Phi) is 4.95. The molecule has 11 nitrogen and oxygen atoms in total. The van der Waals surface area contributed by atoms with Crippen LogP contribution in [0.25, 0.3) is 5.82 Å². The van der Waals surface area contributed by atoms with E-state index in [1.807, 2.05) is 13.8 Å². The molecule has 0 amide bonds. The largest absolute Gasteiger partial charge is 0.461 e. The van der Waals surface area contributed by atoms with Gasteiger partial charge in [-0.1, -0.05) is 5.21 Å². The minimum Gasteiger partial charge on any atom is -0.461 e. The summed E-state index contributed by atoms with van der Waals surface area (Å²) in [5.41, 5.74) is 6.39. The second-order valence-corrected chi connectivity index (χ2v) is 5.94. The lowest BCUT2D eigenvalue weighted by Gasteiger charge is -2.35. The van der Waals surface area contributed by atoms with Crippen LogP contribution in [0.2, 0.25) is 0 Å². The smallest absolute Gasteiger partial charge is 0.360 e. The summed E-state index contributed by atoms with van der Waals surface area (Å²) in [4.78, 5) is 14.4. The summed E-state index contributed by atoms with van der Waals surface area (Å²) in [6, 6.07) is 0. The second-order valence-electron chi connectivity index (χ2n) is 5.94. The number of nitrogen functional groups attached to an aromatic ring is 1. The molecule has 0 spiro atoms. The molecule has 0 aliphatic carbocycles. The molecule has 1 fully saturated rings. The summed E-state index contributed by atoms with van der Waals surface area (Å²) in [5.74, 6) is -0.300. The van der Waals surface area contributed by atoms with Gasteiger partial charge in [-0.15, -0.1) is 5.10 Å². The number of carbonyl (C=O) groups excluding carboxylic acids is 1. The van der Waals surface area contributed by atoms with Gasteiger partial charge in [-0.2, -0.15) is 4.68 Å². The van der Waals surface area contributed by atoms with Crippen molar-refractivity contribution in [3.63, 3.8) is 0 Å². The third kappa shape index (κ3) is 3.61. The number of nitrogens with two attached hydrogens (primary N) is 1. The van der Waals surface area contributed by atoms with Gasteiger partial charge in [0.1, 0.15) is 0 Å². The highest BCUT2D eigenvalue weighted by Crippen LogP contribution is 2.20. The summed E-state index contributed by atoms with van der Waals surface area (Å²) >= 11 is 0. The molecule has 0 bridgehead atoms. The molecule has 0 unspecified atom stereocenters. The fraction of sp³-hybridized carbons (Fsp3) is 0.643. The predicted octanol–water partition coefficient (Wildman–Crippen LogP) is 0.0184. The van der Waals surface area contributed by atoms with Gasteiger partial charge in [0.2, 0.25) is 11.6 Å². The normalized spacial score (nSPS) is 21.4. The van der Waals surface area contributed by atoms with E-state index >= 15 is 0 Å². The van der Waals surface area contributed by atoms with Crippen LogP contribution < -0.4 is 5.73 Å². The zero-order valence-corrected chi connectivity index (χ0v) is 14.4. The molecule has 11 heteroatoms. The Balaban J connectivity index is 1.95. The summed E-state index contributed by atoms with van der Waals surface area (Å²) in [7, 11) is 0. The van der Waals surface area contributed by atoms with Gasteiger partial charge in [0.05, 0.1) is 24.5 Å². The molecule has 0 radical (unpaired) electrons. The van der Waals surface area contributed by atoms with Crippen LogP contribution in [0.3, 0.4) is 0 Å². The fourth-order valence-electron chi connectivity index (χ4n) is 2.93. The fourth-order valence-corrected chi connectivity index (χ4v) is 2.93. The van der Waals surface area contributed by atoms with Crippen molar-refractivity contribution in [3.05, 3.63) is 11.4 Å². The summed E-state index contributed by atoms with van der Waals surface area (Å²) in [6.07, 6.45) is 0.163. The third-order valence-corrected chi connectivity index (χ3v) is 3.80. The first-order valence-electron chi connectivity index (χ1n) is 8.07. The first-order valence-corrected chi connectivity index (χ1v) is 8.07. The number of morpholine rings is 1. The van der Waals surface area contributed by atoms with Crippen molar-refractivity contribution in [3.8, 4) is 5.82 Å². The van der Waals surface area contributed by atoms with Crippen molar-refractivity contribution in [1.82, 2.24) is 30.2 Å². The van der Waals surface area contributed by atoms with Crippen LogP contribution in [-0.4, -0.2) is 68.1 Å². The van der Waals surface area contributed by atoms with Gasteiger partial charge in [0.25, 0.3) is 0 Å². The minimum atomic E-state index is -0.548. The standard InChI is InChI=1S/C14H21N7O4/c1-4-23-14(22)11-10(7-20-5-8(2)24-9(3)6-20)21(19-16-11)13-12(15)17-25-18-13/h8-9H,4-7H2,1-3H3,(H2,15,17)/t8-,9-/m0/s1. The molecule has 136 valence electrons. The molecule has 2 atom stereocenters. The topological polar surface area (TPSA) is 134 Å². The summed E-state index contributed by atoms with van der Waals surface area (Å²) in [5, 5.41) is 15.2. The first kappa shape index (κ1) is 17.3. The molecular weight excluding hydrogens is 330 g/mol. The van der Waals surface area contributed by atoms with E-state index in [1.54, 1.807) is 6.92 Å². The molecule has 1 aliphatic heterocycles. The number of nitrogens with zero attached hydrogens (tertiary/aromatic N) is 6. The van der Waals surface area contributed by atoms with Gasteiger partial charge in [0, 0.05) is 19.6 Å². The summed E-state index contributed by atoms with van der Waals surface area (Å²) in [6.45, 7) is 7.81. The van der Waals surface area contributed by atoms with Gasteiger partial charge in [-0.25, -0.2) is 9.42 Å². The van der Waals surface area contributed by atoms with E-state index in [1.165, 1.54) is 4.68 Å². The highest BCUT2D eigenvalue weighted by atomic mass is 16.6. The number of carbonyl (C=O) groups is 1. The van der Waals surface area contributed by atoms with E-state index in [4.69, 9.17) is 15.2 Å². The number of esters is 1. The Hall–Kier alpha value is -2.53. The van der Waals surface area contributed by atoms with Crippen molar-refractivity contribution < 1.29 is 18.9 Å². The Morgan fingerprint density at radius 1 is 1.32 bits per heavy atom. The molecule has 25 heavy (non-hydrogen) atoms. The lowest BCUT2D eigenvalue weighted by atomic mass is 10.2. The van der Waals surface area contributed by atoms with E-state index in [-0.39, 0.29) is 36.1 Å². The second kappa shape index (κ2) is 7.15. The highest BCUT2D eigenvalue weighted by Gasteiger charge is 2.29. The van der Waals surface area contributed by atoms with Crippen molar-refractivity contribution >= 4 is 11.8 Å². The SMILES string of the molecule is CCOC(=O)c1nnn(-c2nonc2N)c1CN1C[C@H](C)O[C@@H](C)C1. The van der Waals surface area contributed by atoms with Crippen LogP contribution in [0.4, 0.5) is 5.82 Å². The van der Waals surface area contributed by atoms with Gasteiger partial charge in [0.15, 0.2) is 5.69 Å². The minimum absolute atomic E-state index is 0.0604. The van der Waals surface area contributed by atoms with Gasteiger partial charge in [-0.3, -0.25) is 4.90 Å². The highest BCUT2D eigenvalue weighted by molar-refractivity contribution is 5.88. The molecular formula is C14H21N7O4. The van der Waals surface area contributed by atoms with E-state index in [2.05, 4.69) is 30.2 Å². The van der Waals surface area contributed by atoms with Crippen LogP contribution in [0.15, 0.2) is 4.63 Å². The molecule has 1 aliphatic rings. The Labute approximate surface area is 144 Å². The van der Waals surface area contributed by atoms with Crippen molar-refractivity contribution in [2.24, 2.45) is 0 Å². The first-order chi connectivity index (χ1) is 12.0. The van der Waals surface area contributed by atoms with E-state index in [0.717, 1.165) is 0 Å². The molecule has 3 rings (SSSR count). The molecule has 1 saturated heterocycles. The predicted molar refractivity (Wildman–Crippen MR) is 84.9 cm³/mol. The zero-order chi connectivity index (χ0) is 18.0. The number of hydrogen-bond acceptors (Lipinski definition) is 10. The number of ether oxygens (including phenoxy) is 2. The lowest BCUT2D eigenvalue weighted by Crippen LogP contribution is -2.45. The maximum absolute atomic E-state index is 12.2. The van der Waals surface area contributed by atoms with Crippen LogP contribution in [0.5, 0.6) is 0 Å². The molecule has 2 N–H and O–H groups in total. The molecule has 0 aromatic carbocycles. The average molecular weight is 351 g/mol. The zero-order valence-electron chi connectivity index (χ0n) is 14.4. The van der Waals surface area contributed by atoms with Crippen LogP contribution in [0, 0.1) is 0 Å². The van der Waals surface area contributed by atoms with Crippen LogP contribution >= 0.6 is 0 Å². The van der Waals surface area contributed by atoms with E-state index < -0.39 is 5.97 Å². The van der Waals surface area contributed by atoms with Gasteiger partial charge in [-0.05, 0) is 31.1 Å². The maximum Gasteiger partial charge on any atom is 0.360 e. The van der Waals surface area contributed by atoms with Crippen LogP contribution in [-0.2, 0) is 16.0 Å². The van der Waals surface area contributed by atoms with Crippen LogP contribution in [0.1, 0.15) is 37.0 Å². The Bertz CT molecular complexity index is 733. The summed E-state index contributed by atoms with van der Waals surface area (Å²) < 4.78 is 16.8. The van der Waals surface area contributed by atoms with Gasteiger partial charge >= 0.3 is 5.97 Å². The number of aromatic nitrogens is 5. The molecule has 2 aromatic heterocycles. The Morgan fingerprint density at radius 3 is 2.64 bits per heavy atom. The van der Waals surface area contributed by atoms with E-state index in [0.29, 0.717) is 25.3 Å². The third-order valence-electron chi connectivity index (χ3n) is 3.80. The number of anilines is 1. The van der Waals surface area contributed by atoms with Gasteiger partial charge < -0.3 is 15.2 Å². The number of hydrogen-bond donors (Lipinski definition) is 1. The van der Waals surface area contributed by atoms with Crippen molar-refractivity contribution in [1.29, 1.82) is 0 Å². The lowest BCUT2D eigenvalue weighted by molar-refractivity contribution is -0.0709. The number of rotatable bonds is 5. The molecule has 0 saturated carbocycles. The van der Waals surface area contributed by atoms with Crippen molar-refractivity contribution in [2.45, 2.75) is 39.5 Å². The monoisotopic (exact) mass is 351 g/mol.